The number of rotatable bonds is 3. The average Bonchev–Trinajstić information content (AvgIpc) is 2.35. The van der Waals surface area contributed by atoms with Crippen molar-refractivity contribution in [3.8, 4) is 0 Å². The zero-order valence-electron chi connectivity index (χ0n) is 8.18. The van der Waals surface area contributed by atoms with E-state index in [1.54, 1.807) is 0 Å². The van der Waals surface area contributed by atoms with Gasteiger partial charge < -0.3 is 4.90 Å². The maximum Gasteiger partial charge on any atom is 0.243 e. The molecule has 1 fully saturated rings. The third-order valence-electron chi connectivity index (χ3n) is 2.62. The zero-order chi connectivity index (χ0) is 9.19. The normalized spacial score (nSPS) is 29.9. The van der Waals surface area contributed by atoms with E-state index in [1.165, 1.54) is 0 Å². The Hall–Kier alpha value is -0.570. The molecule has 1 amide bonds. The molecule has 3 heteroatoms. The third-order valence-corrected chi connectivity index (χ3v) is 2.62. The molecular weight excluding hydrogens is 152 g/mol. The van der Waals surface area contributed by atoms with Crippen LogP contribution in [0, 0.1) is 0 Å². The Morgan fingerprint density at radius 3 is 2.67 bits per heavy atom. The summed E-state index contributed by atoms with van der Waals surface area (Å²) in [5.74, 6) is 0.256. The monoisotopic (exact) mass is 170 g/mol. The minimum Gasteiger partial charge on any atom is -0.328 e. The van der Waals surface area contributed by atoms with Crippen LogP contribution in [0.2, 0.25) is 0 Å². The van der Waals surface area contributed by atoms with Crippen LogP contribution < -0.4 is 5.32 Å². The van der Waals surface area contributed by atoms with Crippen LogP contribution in [-0.4, -0.2) is 29.6 Å². The van der Waals surface area contributed by atoms with Gasteiger partial charge in [-0.05, 0) is 19.8 Å². The van der Waals surface area contributed by atoms with Crippen LogP contribution in [0.3, 0.4) is 0 Å². The highest BCUT2D eigenvalue weighted by Gasteiger charge is 2.39. The molecule has 1 heterocycles. The van der Waals surface area contributed by atoms with E-state index < -0.39 is 0 Å². The summed E-state index contributed by atoms with van der Waals surface area (Å²) in [4.78, 5) is 13.6. The summed E-state index contributed by atoms with van der Waals surface area (Å²) in [5.41, 5.74) is -0.296. The average molecular weight is 170 g/mol. The van der Waals surface area contributed by atoms with Gasteiger partial charge in [0.2, 0.25) is 5.91 Å². The van der Waals surface area contributed by atoms with Crippen LogP contribution in [0.5, 0.6) is 0 Å². The fourth-order valence-electron chi connectivity index (χ4n) is 1.49. The summed E-state index contributed by atoms with van der Waals surface area (Å²) in [6.45, 7) is 7.71. The molecule has 0 aromatic rings. The first-order chi connectivity index (χ1) is 5.64. The van der Waals surface area contributed by atoms with Crippen LogP contribution in [0.15, 0.2) is 0 Å². The molecule has 1 aliphatic heterocycles. The van der Waals surface area contributed by atoms with E-state index in [9.17, 15) is 4.79 Å². The molecule has 3 nitrogen and oxygen atoms in total. The van der Waals surface area contributed by atoms with Gasteiger partial charge in [0.1, 0.15) is 0 Å². The molecule has 1 N–H and O–H groups in total. The summed E-state index contributed by atoms with van der Waals surface area (Å²) >= 11 is 0. The topological polar surface area (TPSA) is 32.3 Å². The van der Waals surface area contributed by atoms with Crippen molar-refractivity contribution in [3.05, 3.63) is 0 Å². The molecular formula is C9H18N2O. The Bertz CT molecular complexity index is 181. The highest BCUT2D eigenvalue weighted by Crippen LogP contribution is 2.18. The number of carbonyl (C=O) groups is 1. The highest BCUT2D eigenvalue weighted by atomic mass is 16.2. The largest absolute Gasteiger partial charge is 0.328 e. The van der Waals surface area contributed by atoms with E-state index in [0.29, 0.717) is 0 Å². The SMILES string of the molecule is CCCN1CNC(C)(CC)C1=O. The van der Waals surface area contributed by atoms with Crippen molar-refractivity contribution in [2.75, 3.05) is 13.2 Å². The number of hydrogen-bond donors (Lipinski definition) is 1. The van der Waals surface area contributed by atoms with Gasteiger partial charge in [0.25, 0.3) is 0 Å². The van der Waals surface area contributed by atoms with Crippen molar-refractivity contribution in [1.29, 1.82) is 0 Å². The lowest BCUT2D eigenvalue weighted by molar-refractivity contribution is -0.132. The molecule has 1 saturated heterocycles. The predicted octanol–water partition coefficient (Wildman–Crippen LogP) is 0.954. The second kappa shape index (κ2) is 3.44. The Morgan fingerprint density at radius 2 is 2.25 bits per heavy atom. The molecule has 1 unspecified atom stereocenters. The predicted molar refractivity (Wildman–Crippen MR) is 48.7 cm³/mol. The van der Waals surface area contributed by atoms with E-state index in [-0.39, 0.29) is 11.4 Å². The molecule has 1 atom stereocenters. The smallest absolute Gasteiger partial charge is 0.243 e. The Balaban J connectivity index is 2.60. The molecule has 1 rings (SSSR count). The van der Waals surface area contributed by atoms with E-state index in [0.717, 1.165) is 26.1 Å². The van der Waals surface area contributed by atoms with Gasteiger partial charge in [-0.2, -0.15) is 0 Å². The van der Waals surface area contributed by atoms with Crippen molar-refractivity contribution in [2.45, 2.75) is 39.2 Å². The van der Waals surface area contributed by atoms with Gasteiger partial charge in [0, 0.05) is 6.54 Å². The standard InChI is InChI=1S/C9H18N2O/c1-4-6-11-7-10-9(3,5-2)8(11)12/h10H,4-7H2,1-3H3. The molecule has 0 radical (unpaired) electrons. The molecule has 12 heavy (non-hydrogen) atoms. The molecule has 0 bridgehead atoms. The Kier molecular flexibility index (Phi) is 2.73. The van der Waals surface area contributed by atoms with E-state index >= 15 is 0 Å². The van der Waals surface area contributed by atoms with Crippen LogP contribution in [0.25, 0.3) is 0 Å². The van der Waals surface area contributed by atoms with Crippen molar-refractivity contribution in [1.82, 2.24) is 10.2 Å². The number of nitrogens with one attached hydrogen (secondary N) is 1. The maximum atomic E-state index is 11.7. The minimum atomic E-state index is -0.296. The van der Waals surface area contributed by atoms with Crippen LogP contribution >= 0.6 is 0 Å². The number of hydrogen-bond acceptors (Lipinski definition) is 2. The molecule has 0 aliphatic carbocycles. The van der Waals surface area contributed by atoms with Gasteiger partial charge in [-0.15, -0.1) is 0 Å². The summed E-state index contributed by atoms with van der Waals surface area (Å²) in [6, 6.07) is 0. The van der Waals surface area contributed by atoms with Crippen molar-refractivity contribution >= 4 is 5.91 Å². The van der Waals surface area contributed by atoms with Crippen molar-refractivity contribution < 1.29 is 4.79 Å². The van der Waals surface area contributed by atoms with Gasteiger partial charge in [0.05, 0.1) is 12.2 Å². The van der Waals surface area contributed by atoms with Gasteiger partial charge in [-0.25, -0.2) is 0 Å². The first-order valence-electron chi connectivity index (χ1n) is 4.68. The number of nitrogens with zero attached hydrogens (tertiary/aromatic N) is 1. The summed E-state index contributed by atoms with van der Waals surface area (Å²) in [5, 5.41) is 3.24. The lowest BCUT2D eigenvalue weighted by atomic mass is 9.99. The molecule has 0 aromatic carbocycles. The van der Waals surface area contributed by atoms with Gasteiger partial charge in [-0.1, -0.05) is 13.8 Å². The Morgan fingerprint density at radius 1 is 1.58 bits per heavy atom. The number of carbonyl (C=O) groups excluding carboxylic acids is 1. The van der Waals surface area contributed by atoms with Gasteiger partial charge in [0.15, 0.2) is 0 Å². The quantitative estimate of drug-likeness (QED) is 0.684. The third kappa shape index (κ3) is 1.46. The molecule has 0 spiro atoms. The van der Waals surface area contributed by atoms with Crippen LogP contribution in [0.4, 0.5) is 0 Å². The second-order valence-electron chi connectivity index (χ2n) is 3.59. The van der Waals surface area contributed by atoms with Gasteiger partial charge in [-0.3, -0.25) is 10.1 Å². The van der Waals surface area contributed by atoms with Crippen LogP contribution in [0.1, 0.15) is 33.6 Å². The molecule has 1 aliphatic rings. The van der Waals surface area contributed by atoms with E-state index in [2.05, 4.69) is 12.2 Å². The fourth-order valence-corrected chi connectivity index (χ4v) is 1.49. The number of amides is 1. The van der Waals surface area contributed by atoms with E-state index in [1.807, 2.05) is 18.7 Å². The lowest BCUT2D eigenvalue weighted by Crippen LogP contribution is -2.42. The fraction of sp³-hybridized carbons (Fsp3) is 0.889. The van der Waals surface area contributed by atoms with Crippen LogP contribution in [-0.2, 0) is 4.79 Å². The first-order valence-corrected chi connectivity index (χ1v) is 4.68. The maximum absolute atomic E-state index is 11.7. The van der Waals surface area contributed by atoms with Gasteiger partial charge >= 0.3 is 0 Å². The second-order valence-corrected chi connectivity index (χ2v) is 3.59. The summed E-state index contributed by atoms with van der Waals surface area (Å²) < 4.78 is 0. The lowest BCUT2D eigenvalue weighted by Gasteiger charge is -2.20. The summed E-state index contributed by atoms with van der Waals surface area (Å²) in [6.07, 6.45) is 1.90. The summed E-state index contributed by atoms with van der Waals surface area (Å²) in [7, 11) is 0. The minimum absolute atomic E-state index is 0.256. The van der Waals surface area contributed by atoms with Crippen molar-refractivity contribution in [3.63, 3.8) is 0 Å². The molecule has 70 valence electrons. The zero-order valence-corrected chi connectivity index (χ0v) is 8.18. The Labute approximate surface area is 74.1 Å². The first kappa shape index (κ1) is 9.52. The van der Waals surface area contributed by atoms with E-state index in [4.69, 9.17) is 0 Å². The van der Waals surface area contributed by atoms with Crippen molar-refractivity contribution in [2.24, 2.45) is 0 Å². The molecule has 0 saturated carbocycles. The molecule has 0 aromatic heterocycles. The highest BCUT2D eigenvalue weighted by molar-refractivity contribution is 5.87.